The second-order valence-electron chi connectivity index (χ2n) is 12.8. The van der Waals surface area contributed by atoms with E-state index in [1.54, 1.807) is 0 Å². The van der Waals surface area contributed by atoms with E-state index in [-0.39, 0.29) is 5.41 Å². The fourth-order valence-electron chi connectivity index (χ4n) is 6.61. The van der Waals surface area contributed by atoms with Gasteiger partial charge in [-0.15, -0.1) is 0 Å². The van der Waals surface area contributed by atoms with Crippen molar-refractivity contribution in [1.82, 2.24) is 10.1 Å². The van der Waals surface area contributed by atoms with Crippen molar-refractivity contribution in [3.8, 4) is 0 Å². The zero-order valence-corrected chi connectivity index (χ0v) is 20.0. The number of nitrogens with zero attached hydrogens (tertiary/aromatic N) is 2. The fraction of sp³-hybridized carbons (Fsp3) is 0.741. The molecule has 2 saturated carbocycles. The summed E-state index contributed by atoms with van der Waals surface area (Å²) < 4.78 is 5.93. The summed E-state index contributed by atoms with van der Waals surface area (Å²) in [6, 6.07) is 5.34. The van der Waals surface area contributed by atoms with Gasteiger partial charge in [-0.25, -0.2) is 0 Å². The van der Waals surface area contributed by atoms with E-state index < -0.39 is 0 Å². The van der Waals surface area contributed by atoms with Gasteiger partial charge in [0.15, 0.2) is 5.58 Å². The molecule has 1 aliphatic heterocycles. The second kappa shape index (κ2) is 6.82. The largest absolute Gasteiger partial charge is 0.356 e. The summed E-state index contributed by atoms with van der Waals surface area (Å²) >= 11 is 0. The van der Waals surface area contributed by atoms with E-state index in [1.807, 2.05) is 0 Å². The van der Waals surface area contributed by atoms with Crippen LogP contribution in [0.15, 0.2) is 16.7 Å². The van der Waals surface area contributed by atoms with Gasteiger partial charge >= 0.3 is 0 Å². The molecule has 1 aromatic carbocycles. The number of hydrogen-bond acceptors (Lipinski definition) is 3. The van der Waals surface area contributed by atoms with Gasteiger partial charge in [-0.1, -0.05) is 52.8 Å². The molecule has 3 aliphatic rings. The Bertz CT molecular complexity index is 926. The van der Waals surface area contributed by atoms with Crippen molar-refractivity contribution in [2.75, 3.05) is 6.54 Å². The van der Waals surface area contributed by atoms with E-state index in [0.717, 1.165) is 36.2 Å². The summed E-state index contributed by atoms with van der Waals surface area (Å²) in [4.78, 5) is 2.75. The van der Waals surface area contributed by atoms with Crippen molar-refractivity contribution >= 4 is 11.0 Å². The first-order valence-corrected chi connectivity index (χ1v) is 12.2. The van der Waals surface area contributed by atoms with Gasteiger partial charge in [-0.3, -0.25) is 4.90 Å². The van der Waals surface area contributed by atoms with Gasteiger partial charge in [0.25, 0.3) is 0 Å². The molecule has 164 valence electrons. The monoisotopic (exact) mass is 408 g/mol. The van der Waals surface area contributed by atoms with Crippen LogP contribution >= 0.6 is 0 Å². The van der Waals surface area contributed by atoms with Gasteiger partial charge < -0.3 is 4.52 Å². The SMILES string of the molecule is CC(C)(C)c1noc2c3c(ccc12)CCN(C1CC2(CCC(C(C)(C)C)CC2)C1)C3. The van der Waals surface area contributed by atoms with Crippen LogP contribution in [0.1, 0.15) is 96.9 Å². The summed E-state index contributed by atoms with van der Waals surface area (Å²) in [6.07, 6.45) is 9.76. The average molecular weight is 409 g/mol. The maximum atomic E-state index is 5.93. The first kappa shape index (κ1) is 20.5. The third-order valence-corrected chi connectivity index (χ3v) is 8.71. The molecular weight excluding hydrogens is 368 g/mol. The van der Waals surface area contributed by atoms with Crippen LogP contribution in [0.4, 0.5) is 0 Å². The molecule has 0 bridgehead atoms. The Morgan fingerprint density at radius 3 is 2.37 bits per heavy atom. The Balaban J connectivity index is 1.29. The molecule has 0 radical (unpaired) electrons. The third kappa shape index (κ3) is 3.42. The van der Waals surface area contributed by atoms with Crippen LogP contribution in [0.25, 0.3) is 11.0 Å². The number of hydrogen-bond donors (Lipinski definition) is 0. The minimum atomic E-state index is 0.0140. The first-order valence-electron chi connectivity index (χ1n) is 12.2. The normalized spacial score (nSPS) is 30.5. The summed E-state index contributed by atoms with van der Waals surface area (Å²) in [6.45, 7) is 16.2. The van der Waals surface area contributed by atoms with Gasteiger partial charge in [0, 0.05) is 35.5 Å². The molecule has 0 N–H and O–H groups in total. The molecule has 1 spiro atoms. The molecule has 5 rings (SSSR count). The second-order valence-corrected chi connectivity index (χ2v) is 12.8. The molecule has 3 heteroatoms. The minimum Gasteiger partial charge on any atom is -0.356 e. The molecule has 0 amide bonds. The minimum absolute atomic E-state index is 0.0140. The molecule has 0 unspecified atom stereocenters. The molecule has 2 aromatic rings. The number of benzene rings is 1. The molecule has 3 nitrogen and oxygen atoms in total. The Hall–Kier alpha value is -1.35. The van der Waals surface area contributed by atoms with Gasteiger partial charge in [0.05, 0.1) is 5.69 Å². The molecule has 2 heterocycles. The quantitative estimate of drug-likeness (QED) is 0.515. The van der Waals surface area contributed by atoms with Crippen LogP contribution in [0, 0.1) is 16.7 Å². The van der Waals surface area contributed by atoms with Crippen LogP contribution in [-0.2, 0) is 18.4 Å². The average Bonchev–Trinajstić information content (AvgIpc) is 3.10. The number of fused-ring (bicyclic) bond motifs is 3. The Labute approximate surface area is 182 Å². The van der Waals surface area contributed by atoms with Crippen LogP contribution in [0.5, 0.6) is 0 Å². The molecule has 0 saturated heterocycles. The summed E-state index contributed by atoms with van der Waals surface area (Å²) in [5.41, 5.74) is 6.16. The lowest BCUT2D eigenvalue weighted by Crippen LogP contribution is -2.53. The van der Waals surface area contributed by atoms with E-state index in [1.165, 1.54) is 61.6 Å². The van der Waals surface area contributed by atoms with E-state index in [2.05, 4.69) is 63.7 Å². The molecule has 2 aliphatic carbocycles. The zero-order valence-electron chi connectivity index (χ0n) is 20.0. The van der Waals surface area contributed by atoms with Crippen molar-refractivity contribution in [2.24, 2.45) is 16.7 Å². The van der Waals surface area contributed by atoms with E-state index in [0.29, 0.717) is 10.8 Å². The summed E-state index contributed by atoms with van der Waals surface area (Å²) in [5, 5.41) is 5.70. The van der Waals surface area contributed by atoms with E-state index >= 15 is 0 Å². The van der Waals surface area contributed by atoms with Gasteiger partial charge in [0.1, 0.15) is 0 Å². The van der Waals surface area contributed by atoms with Gasteiger partial charge in [0.2, 0.25) is 0 Å². The lowest BCUT2D eigenvalue weighted by atomic mass is 9.54. The third-order valence-electron chi connectivity index (χ3n) is 8.71. The molecular formula is C27H40N2O. The molecule has 0 atom stereocenters. The van der Waals surface area contributed by atoms with Crippen LogP contribution in [0.2, 0.25) is 0 Å². The standard InChI is InChI=1S/C27H40N2O/c1-25(2,3)19-9-12-27(13-10-19)15-20(16-27)29-14-11-18-7-8-21-23(22(18)17-29)30-28-24(21)26(4,5)6/h7-8,19-20H,9-17H2,1-6H3. The highest BCUT2D eigenvalue weighted by Crippen LogP contribution is 2.56. The summed E-state index contributed by atoms with van der Waals surface area (Å²) in [7, 11) is 0. The Kier molecular flexibility index (Phi) is 4.67. The molecule has 2 fully saturated rings. The first-order chi connectivity index (χ1) is 14.1. The van der Waals surface area contributed by atoms with Gasteiger partial charge in [-0.05, 0) is 73.3 Å². The van der Waals surface area contributed by atoms with Crippen molar-refractivity contribution < 1.29 is 4.52 Å². The molecule has 30 heavy (non-hydrogen) atoms. The highest BCUT2D eigenvalue weighted by molar-refractivity contribution is 5.84. The number of rotatable bonds is 1. The van der Waals surface area contributed by atoms with E-state index in [9.17, 15) is 0 Å². The van der Waals surface area contributed by atoms with Crippen LogP contribution in [0.3, 0.4) is 0 Å². The lowest BCUT2D eigenvalue weighted by molar-refractivity contribution is -0.0498. The van der Waals surface area contributed by atoms with Gasteiger partial charge in [-0.2, -0.15) is 0 Å². The lowest BCUT2D eigenvalue weighted by Gasteiger charge is -2.56. The van der Waals surface area contributed by atoms with Crippen molar-refractivity contribution in [3.05, 3.63) is 29.0 Å². The van der Waals surface area contributed by atoms with Crippen LogP contribution < -0.4 is 0 Å². The number of aromatic nitrogens is 1. The maximum absolute atomic E-state index is 5.93. The maximum Gasteiger partial charge on any atom is 0.171 e. The predicted octanol–water partition coefficient (Wildman–Crippen LogP) is 6.87. The Morgan fingerprint density at radius 1 is 1.03 bits per heavy atom. The van der Waals surface area contributed by atoms with Crippen molar-refractivity contribution in [2.45, 2.75) is 104 Å². The fourth-order valence-corrected chi connectivity index (χ4v) is 6.61. The van der Waals surface area contributed by atoms with Crippen molar-refractivity contribution in [3.63, 3.8) is 0 Å². The smallest absolute Gasteiger partial charge is 0.171 e. The predicted molar refractivity (Wildman–Crippen MR) is 124 cm³/mol. The Morgan fingerprint density at radius 2 is 1.73 bits per heavy atom. The topological polar surface area (TPSA) is 29.3 Å². The molecule has 1 aromatic heterocycles. The summed E-state index contributed by atoms with van der Waals surface area (Å²) in [5.74, 6) is 0.917. The van der Waals surface area contributed by atoms with Crippen LogP contribution in [-0.4, -0.2) is 22.6 Å². The van der Waals surface area contributed by atoms with Crippen molar-refractivity contribution in [1.29, 1.82) is 0 Å². The highest BCUT2D eigenvalue weighted by Gasteiger charge is 2.49. The zero-order chi connectivity index (χ0) is 21.3. The van der Waals surface area contributed by atoms with E-state index in [4.69, 9.17) is 4.52 Å². The highest BCUT2D eigenvalue weighted by atomic mass is 16.5.